The molecule has 0 aromatic heterocycles. The van der Waals surface area contributed by atoms with E-state index < -0.39 is 7.82 Å². The van der Waals surface area contributed by atoms with Crippen molar-refractivity contribution >= 4 is 13.9 Å². The van der Waals surface area contributed by atoms with Gasteiger partial charge in [0.2, 0.25) is 0 Å². The van der Waals surface area contributed by atoms with Crippen LogP contribution in [0.2, 0.25) is 0 Å². The standard InChI is InChI=1S/C16H26NO4P/c1-5-14-9-11-15(12-10-14)7-6-8-16(17(2,3)4)13-21-22(18,19)20/h5,9-12,16H,1,6-8,13H2,2-4H3,(H-,18,19,20). The Morgan fingerprint density at radius 1 is 1.36 bits per heavy atom. The Morgan fingerprint density at radius 2 is 1.95 bits per heavy atom. The number of nitrogens with zero attached hydrogens (tertiary/aromatic N) is 1. The van der Waals surface area contributed by atoms with E-state index in [1.54, 1.807) is 0 Å². The SMILES string of the molecule is C=Cc1ccc(CCCC(COP(=O)([O-])O)[N+](C)(C)C)cc1. The minimum Gasteiger partial charge on any atom is -0.756 e. The molecule has 1 aromatic carbocycles. The van der Waals surface area contributed by atoms with Crippen molar-refractivity contribution in [3.05, 3.63) is 42.0 Å². The van der Waals surface area contributed by atoms with Crippen molar-refractivity contribution in [3.8, 4) is 0 Å². The average Bonchev–Trinajstić information content (AvgIpc) is 2.40. The molecule has 0 saturated carbocycles. The van der Waals surface area contributed by atoms with Crippen molar-refractivity contribution in [1.82, 2.24) is 0 Å². The summed E-state index contributed by atoms with van der Waals surface area (Å²) in [6.45, 7) is 3.72. The van der Waals surface area contributed by atoms with E-state index in [1.165, 1.54) is 5.56 Å². The fraction of sp³-hybridized carbons (Fsp3) is 0.500. The highest BCUT2D eigenvalue weighted by Crippen LogP contribution is 2.31. The molecule has 0 bridgehead atoms. The lowest BCUT2D eigenvalue weighted by Gasteiger charge is -2.35. The summed E-state index contributed by atoms with van der Waals surface area (Å²) in [4.78, 5) is 19.5. The third kappa shape index (κ3) is 7.34. The molecule has 1 N–H and O–H groups in total. The number of hydrogen-bond donors (Lipinski definition) is 1. The van der Waals surface area contributed by atoms with Crippen molar-refractivity contribution in [1.29, 1.82) is 0 Å². The summed E-state index contributed by atoms with van der Waals surface area (Å²) in [5.41, 5.74) is 2.33. The normalized spacial score (nSPS) is 16.0. The van der Waals surface area contributed by atoms with Crippen molar-refractivity contribution < 1.29 is 23.4 Å². The molecular weight excluding hydrogens is 301 g/mol. The molecule has 0 saturated heterocycles. The number of aryl methyl sites for hydroxylation is 1. The molecule has 0 radical (unpaired) electrons. The van der Waals surface area contributed by atoms with Gasteiger partial charge in [-0.2, -0.15) is 0 Å². The first kappa shape index (κ1) is 19.1. The Balaban J connectivity index is 2.52. The van der Waals surface area contributed by atoms with Crippen LogP contribution in [0.5, 0.6) is 0 Å². The first-order valence-corrected chi connectivity index (χ1v) is 8.82. The molecule has 0 heterocycles. The van der Waals surface area contributed by atoms with Gasteiger partial charge in [-0.3, -0.25) is 4.57 Å². The molecule has 0 amide bonds. The van der Waals surface area contributed by atoms with Gasteiger partial charge in [0.25, 0.3) is 7.82 Å². The summed E-state index contributed by atoms with van der Waals surface area (Å²) >= 11 is 0. The first-order valence-electron chi connectivity index (χ1n) is 7.32. The molecule has 124 valence electrons. The second kappa shape index (κ2) is 8.04. The summed E-state index contributed by atoms with van der Waals surface area (Å²) in [7, 11) is 1.30. The minimum atomic E-state index is -4.66. The van der Waals surface area contributed by atoms with Crippen LogP contribution in [0.15, 0.2) is 30.8 Å². The maximum Gasteiger partial charge on any atom is 0.265 e. The van der Waals surface area contributed by atoms with Crippen molar-refractivity contribution in [3.63, 3.8) is 0 Å². The minimum absolute atomic E-state index is 0.00173. The molecule has 6 heteroatoms. The molecule has 0 aliphatic rings. The monoisotopic (exact) mass is 327 g/mol. The molecule has 5 nitrogen and oxygen atoms in total. The lowest BCUT2D eigenvalue weighted by Crippen LogP contribution is -2.47. The molecule has 2 atom stereocenters. The van der Waals surface area contributed by atoms with Crippen LogP contribution in [0.4, 0.5) is 0 Å². The second-order valence-corrected chi connectivity index (χ2v) is 7.57. The highest BCUT2D eigenvalue weighted by atomic mass is 31.2. The molecule has 0 aliphatic heterocycles. The van der Waals surface area contributed by atoms with Crippen LogP contribution in [0, 0.1) is 0 Å². The van der Waals surface area contributed by atoms with Gasteiger partial charge in [-0.25, -0.2) is 0 Å². The molecule has 0 fully saturated rings. The van der Waals surface area contributed by atoms with Crippen molar-refractivity contribution in [2.75, 3.05) is 27.7 Å². The Morgan fingerprint density at radius 3 is 2.41 bits per heavy atom. The fourth-order valence-corrected chi connectivity index (χ4v) is 2.60. The lowest BCUT2D eigenvalue weighted by molar-refractivity contribution is -0.896. The van der Waals surface area contributed by atoms with E-state index in [-0.39, 0.29) is 12.6 Å². The van der Waals surface area contributed by atoms with E-state index in [0.29, 0.717) is 4.48 Å². The average molecular weight is 327 g/mol. The zero-order valence-electron chi connectivity index (χ0n) is 13.6. The van der Waals surface area contributed by atoms with Crippen LogP contribution in [-0.2, 0) is 15.5 Å². The van der Waals surface area contributed by atoms with E-state index in [2.05, 4.69) is 23.2 Å². The van der Waals surface area contributed by atoms with Gasteiger partial charge in [0.1, 0.15) is 12.6 Å². The maximum absolute atomic E-state index is 10.8. The molecule has 2 unspecified atom stereocenters. The Labute approximate surface area is 133 Å². The third-order valence-electron chi connectivity index (χ3n) is 3.74. The van der Waals surface area contributed by atoms with Crippen LogP contribution in [-0.4, -0.2) is 43.2 Å². The number of hydrogen-bond acceptors (Lipinski definition) is 3. The first-order chi connectivity index (χ1) is 10.1. The van der Waals surface area contributed by atoms with Crippen molar-refractivity contribution in [2.24, 2.45) is 0 Å². The summed E-state index contributed by atoms with van der Waals surface area (Å²) in [5, 5.41) is 0. The van der Waals surface area contributed by atoms with E-state index in [1.807, 2.05) is 39.4 Å². The van der Waals surface area contributed by atoms with Gasteiger partial charge in [-0.05, 0) is 24.0 Å². The van der Waals surface area contributed by atoms with E-state index in [4.69, 9.17) is 4.89 Å². The summed E-state index contributed by atoms with van der Waals surface area (Å²) in [5.74, 6) is 0. The highest BCUT2D eigenvalue weighted by molar-refractivity contribution is 7.44. The lowest BCUT2D eigenvalue weighted by atomic mass is 10.0. The number of rotatable bonds is 9. The highest BCUT2D eigenvalue weighted by Gasteiger charge is 2.25. The molecule has 1 aromatic rings. The largest absolute Gasteiger partial charge is 0.756 e. The zero-order valence-corrected chi connectivity index (χ0v) is 14.5. The Kier molecular flexibility index (Phi) is 6.98. The number of phosphoric ester groups is 1. The number of likely N-dealkylation sites (N-methyl/N-ethyl adjacent to an activating group) is 1. The third-order valence-corrected chi connectivity index (χ3v) is 4.22. The van der Waals surface area contributed by atoms with Crippen LogP contribution in [0.1, 0.15) is 24.0 Å². The predicted molar refractivity (Wildman–Crippen MR) is 87.1 cm³/mol. The Bertz CT molecular complexity index is 516. The number of quaternary nitrogens is 1. The Hall–Kier alpha value is -0.970. The molecule has 0 spiro atoms. The quantitative estimate of drug-likeness (QED) is 0.558. The summed E-state index contributed by atoms with van der Waals surface area (Å²) in [6.07, 6.45) is 4.46. The molecule has 22 heavy (non-hydrogen) atoms. The van der Waals surface area contributed by atoms with E-state index in [9.17, 15) is 9.46 Å². The molecule has 1 rings (SSSR count). The van der Waals surface area contributed by atoms with E-state index in [0.717, 1.165) is 24.8 Å². The van der Waals surface area contributed by atoms with Crippen LogP contribution >= 0.6 is 7.82 Å². The van der Waals surface area contributed by atoms with Gasteiger partial charge < -0.3 is 18.8 Å². The summed E-state index contributed by atoms with van der Waals surface area (Å²) < 4.78 is 15.9. The number of benzene rings is 1. The molecular formula is C16H26NO4P. The van der Waals surface area contributed by atoms with Crippen molar-refractivity contribution in [2.45, 2.75) is 25.3 Å². The van der Waals surface area contributed by atoms with Gasteiger partial charge in [0, 0.05) is 6.42 Å². The van der Waals surface area contributed by atoms with Crippen LogP contribution in [0.3, 0.4) is 0 Å². The fourth-order valence-electron chi connectivity index (χ4n) is 2.24. The van der Waals surface area contributed by atoms with Crippen LogP contribution in [0.25, 0.3) is 6.08 Å². The maximum atomic E-state index is 10.8. The smallest absolute Gasteiger partial charge is 0.265 e. The predicted octanol–water partition coefficient (Wildman–Crippen LogP) is 2.20. The van der Waals surface area contributed by atoms with Gasteiger partial charge >= 0.3 is 0 Å². The number of phosphoric acid groups is 1. The second-order valence-electron chi connectivity index (χ2n) is 6.37. The van der Waals surface area contributed by atoms with Gasteiger partial charge in [-0.1, -0.05) is 36.9 Å². The summed E-state index contributed by atoms with van der Waals surface area (Å²) in [6, 6.07) is 8.22. The topological polar surface area (TPSA) is 69.6 Å². The van der Waals surface area contributed by atoms with Gasteiger partial charge in [0.15, 0.2) is 0 Å². The van der Waals surface area contributed by atoms with Gasteiger partial charge in [0.05, 0.1) is 21.1 Å². The van der Waals surface area contributed by atoms with E-state index >= 15 is 0 Å². The van der Waals surface area contributed by atoms with Crippen LogP contribution < -0.4 is 4.89 Å². The molecule has 0 aliphatic carbocycles. The zero-order chi connectivity index (χ0) is 16.8. The van der Waals surface area contributed by atoms with Gasteiger partial charge in [-0.15, -0.1) is 0 Å².